The van der Waals surface area contributed by atoms with Gasteiger partial charge in [0.25, 0.3) is 0 Å². The average molecular weight is 273 g/mol. The van der Waals surface area contributed by atoms with E-state index in [4.69, 9.17) is 16.3 Å². The minimum Gasteiger partial charge on any atom is -0.504 e. The number of ether oxygens (including phenoxy) is 1. The number of hydrogen-bond donors (Lipinski definition) is 3. The third kappa shape index (κ3) is 4.43. The Kier molecular flexibility index (Phi) is 5.25. The minimum atomic E-state index is -0.207. The third-order valence-electron chi connectivity index (χ3n) is 2.06. The molecule has 0 atom stereocenters. The standard InChI is InChI=1S/C12H17ClN2O3/c1-7(2)18-6-14-11-5-9(15-8(3)16)4-10(13)12(11)17/h4-5,7,14,17H,6H2,1-3H3,(H,15,16). The van der Waals surface area contributed by atoms with Gasteiger partial charge in [0.15, 0.2) is 5.75 Å². The maximum Gasteiger partial charge on any atom is 0.221 e. The van der Waals surface area contributed by atoms with Crippen LogP contribution in [0.2, 0.25) is 5.02 Å². The fourth-order valence-corrected chi connectivity index (χ4v) is 1.51. The molecule has 1 aromatic rings. The summed E-state index contributed by atoms with van der Waals surface area (Å²) >= 11 is 5.86. The number of nitrogens with one attached hydrogen (secondary N) is 2. The molecule has 18 heavy (non-hydrogen) atoms. The number of amides is 1. The molecule has 0 aliphatic heterocycles. The topological polar surface area (TPSA) is 70.6 Å². The van der Waals surface area contributed by atoms with E-state index in [1.807, 2.05) is 13.8 Å². The van der Waals surface area contributed by atoms with Gasteiger partial charge >= 0.3 is 0 Å². The third-order valence-corrected chi connectivity index (χ3v) is 2.35. The Morgan fingerprint density at radius 3 is 2.72 bits per heavy atom. The van der Waals surface area contributed by atoms with Gasteiger partial charge in [0.2, 0.25) is 5.91 Å². The van der Waals surface area contributed by atoms with E-state index in [1.165, 1.54) is 13.0 Å². The van der Waals surface area contributed by atoms with Crippen molar-refractivity contribution in [2.24, 2.45) is 0 Å². The van der Waals surface area contributed by atoms with Crippen LogP contribution >= 0.6 is 11.6 Å². The molecule has 0 unspecified atom stereocenters. The van der Waals surface area contributed by atoms with Crippen molar-refractivity contribution >= 4 is 28.9 Å². The largest absolute Gasteiger partial charge is 0.504 e. The number of anilines is 2. The Labute approximate surface area is 111 Å². The Morgan fingerprint density at radius 2 is 2.17 bits per heavy atom. The van der Waals surface area contributed by atoms with Gasteiger partial charge in [-0.2, -0.15) is 0 Å². The second-order valence-electron chi connectivity index (χ2n) is 4.07. The molecule has 0 heterocycles. The summed E-state index contributed by atoms with van der Waals surface area (Å²) < 4.78 is 5.31. The van der Waals surface area contributed by atoms with Gasteiger partial charge < -0.3 is 20.5 Å². The molecule has 3 N–H and O–H groups in total. The van der Waals surface area contributed by atoms with Gasteiger partial charge in [-0.1, -0.05) is 11.6 Å². The van der Waals surface area contributed by atoms with Crippen molar-refractivity contribution < 1.29 is 14.6 Å². The number of hydrogen-bond acceptors (Lipinski definition) is 4. The van der Waals surface area contributed by atoms with Gasteiger partial charge in [-0.05, 0) is 26.0 Å². The van der Waals surface area contributed by atoms with Crippen LogP contribution in [0.1, 0.15) is 20.8 Å². The number of halogens is 1. The monoisotopic (exact) mass is 272 g/mol. The quantitative estimate of drug-likeness (QED) is 0.438. The molecule has 0 saturated heterocycles. The summed E-state index contributed by atoms with van der Waals surface area (Å²) in [5.41, 5.74) is 0.921. The highest BCUT2D eigenvalue weighted by molar-refractivity contribution is 6.32. The number of aromatic hydroxyl groups is 1. The van der Waals surface area contributed by atoms with Crippen LogP contribution in [0.3, 0.4) is 0 Å². The van der Waals surface area contributed by atoms with E-state index in [0.717, 1.165) is 0 Å². The summed E-state index contributed by atoms with van der Waals surface area (Å²) in [6.45, 7) is 5.45. The van der Waals surface area contributed by atoms with E-state index in [-0.39, 0.29) is 29.5 Å². The van der Waals surface area contributed by atoms with Crippen LogP contribution in [0.25, 0.3) is 0 Å². The summed E-state index contributed by atoms with van der Waals surface area (Å²) in [4.78, 5) is 11.0. The van der Waals surface area contributed by atoms with Crippen LogP contribution in [-0.2, 0) is 9.53 Å². The first kappa shape index (κ1) is 14.6. The SMILES string of the molecule is CC(=O)Nc1cc(Cl)c(O)c(NCOC(C)C)c1. The van der Waals surface area contributed by atoms with Crippen molar-refractivity contribution in [1.29, 1.82) is 0 Å². The Hall–Kier alpha value is -1.46. The molecule has 1 rings (SSSR count). The van der Waals surface area contributed by atoms with Gasteiger partial charge in [-0.3, -0.25) is 4.79 Å². The Bertz CT molecular complexity index is 436. The molecule has 0 saturated carbocycles. The maximum absolute atomic E-state index is 11.0. The van der Waals surface area contributed by atoms with Crippen molar-refractivity contribution in [3.63, 3.8) is 0 Å². The van der Waals surface area contributed by atoms with Crippen molar-refractivity contribution in [3.05, 3.63) is 17.2 Å². The fraction of sp³-hybridized carbons (Fsp3) is 0.417. The zero-order valence-corrected chi connectivity index (χ0v) is 11.3. The first-order valence-corrected chi connectivity index (χ1v) is 5.93. The number of phenols is 1. The van der Waals surface area contributed by atoms with Gasteiger partial charge in [0, 0.05) is 12.6 Å². The lowest BCUT2D eigenvalue weighted by atomic mass is 10.2. The highest BCUT2D eigenvalue weighted by atomic mass is 35.5. The highest BCUT2D eigenvalue weighted by Crippen LogP contribution is 2.35. The molecule has 0 aliphatic carbocycles. The molecular formula is C12H17ClN2O3. The molecule has 5 nitrogen and oxygen atoms in total. The number of carbonyl (C=O) groups excluding carboxylic acids is 1. The van der Waals surface area contributed by atoms with E-state index in [9.17, 15) is 9.90 Å². The van der Waals surface area contributed by atoms with E-state index >= 15 is 0 Å². The lowest BCUT2D eigenvalue weighted by Crippen LogP contribution is -2.12. The molecule has 0 radical (unpaired) electrons. The van der Waals surface area contributed by atoms with Gasteiger partial charge in [0.1, 0.15) is 6.73 Å². The van der Waals surface area contributed by atoms with Crippen LogP contribution < -0.4 is 10.6 Å². The van der Waals surface area contributed by atoms with Gasteiger partial charge in [0.05, 0.1) is 16.8 Å². The van der Waals surface area contributed by atoms with Crippen LogP contribution in [0.5, 0.6) is 5.75 Å². The van der Waals surface area contributed by atoms with E-state index in [2.05, 4.69) is 10.6 Å². The normalized spacial score (nSPS) is 10.5. The summed E-state index contributed by atoms with van der Waals surface area (Å²) in [6.07, 6.45) is 0.0774. The maximum atomic E-state index is 11.0. The van der Waals surface area contributed by atoms with E-state index in [0.29, 0.717) is 11.4 Å². The fourth-order valence-electron chi connectivity index (χ4n) is 1.30. The summed E-state index contributed by atoms with van der Waals surface area (Å²) in [5.74, 6) is -0.278. The van der Waals surface area contributed by atoms with Crippen LogP contribution in [0.4, 0.5) is 11.4 Å². The number of rotatable bonds is 5. The predicted molar refractivity (Wildman–Crippen MR) is 72.1 cm³/mol. The number of benzene rings is 1. The average Bonchev–Trinajstić information content (AvgIpc) is 2.23. The van der Waals surface area contributed by atoms with Gasteiger partial charge in [-0.25, -0.2) is 0 Å². The van der Waals surface area contributed by atoms with Crippen LogP contribution in [-0.4, -0.2) is 23.8 Å². The molecule has 0 bridgehead atoms. The number of carbonyl (C=O) groups is 1. The summed E-state index contributed by atoms with van der Waals surface area (Å²) in [7, 11) is 0. The molecule has 0 spiro atoms. The molecular weight excluding hydrogens is 256 g/mol. The smallest absolute Gasteiger partial charge is 0.221 e. The van der Waals surface area contributed by atoms with Crippen LogP contribution in [0.15, 0.2) is 12.1 Å². The first-order chi connectivity index (χ1) is 8.40. The second-order valence-corrected chi connectivity index (χ2v) is 4.48. The summed E-state index contributed by atoms with van der Waals surface area (Å²) in [5, 5.41) is 15.4. The minimum absolute atomic E-state index is 0.0712. The molecule has 0 fully saturated rings. The van der Waals surface area contributed by atoms with Gasteiger partial charge in [-0.15, -0.1) is 0 Å². The van der Waals surface area contributed by atoms with Crippen molar-refractivity contribution in [2.75, 3.05) is 17.4 Å². The van der Waals surface area contributed by atoms with Crippen molar-refractivity contribution in [3.8, 4) is 5.75 Å². The first-order valence-electron chi connectivity index (χ1n) is 5.55. The van der Waals surface area contributed by atoms with E-state index in [1.54, 1.807) is 6.07 Å². The lowest BCUT2D eigenvalue weighted by Gasteiger charge is -2.13. The Balaban J connectivity index is 2.81. The Morgan fingerprint density at radius 1 is 1.50 bits per heavy atom. The summed E-state index contributed by atoms with van der Waals surface area (Å²) in [6, 6.07) is 3.07. The molecule has 0 aromatic heterocycles. The highest BCUT2D eigenvalue weighted by Gasteiger charge is 2.09. The molecule has 100 valence electrons. The van der Waals surface area contributed by atoms with Crippen molar-refractivity contribution in [1.82, 2.24) is 0 Å². The lowest BCUT2D eigenvalue weighted by molar-refractivity contribution is -0.114. The molecule has 1 aromatic carbocycles. The van der Waals surface area contributed by atoms with Crippen molar-refractivity contribution in [2.45, 2.75) is 26.9 Å². The zero-order valence-electron chi connectivity index (χ0n) is 10.6. The zero-order chi connectivity index (χ0) is 13.7. The predicted octanol–water partition coefficient (Wildman–Crippen LogP) is 2.80. The molecule has 1 amide bonds. The molecule has 6 heteroatoms. The van der Waals surface area contributed by atoms with E-state index < -0.39 is 0 Å². The second kappa shape index (κ2) is 6.47. The van der Waals surface area contributed by atoms with Crippen LogP contribution in [0, 0.1) is 0 Å². The molecule has 0 aliphatic rings. The number of phenolic OH excluding ortho intramolecular Hbond substituents is 1.